The van der Waals surface area contributed by atoms with E-state index in [0.717, 1.165) is 5.01 Å². The third-order valence-electron chi connectivity index (χ3n) is 1.90. The average molecular weight is 223 g/mol. The van der Waals surface area contributed by atoms with Crippen LogP contribution in [0.1, 0.15) is 22.4 Å². The van der Waals surface area contributed by atoms with Crippen LogP contribution in [0.25, 0.3) is 0 Å². The van der Waals surface area contributed by atoms with Crippen LogP contribution in [0.2, 0.25) is 0 Å². The zero-order valence-corrected chi connectivity index (χ0v) is 9.38. The third-order valence-corrected chi connectivity index (χ3v) is 2.77. The summed E-state index contributed by atoms with van der Waals surface area (Å²) in [6.45, 7) is 3.13. The van der Waals surface area contributed by atoms with E-state index in [1.807, 2.05) is 6.92 Å². The minimum absolute atomic E-state index is 0.133. The van der Waals surface area contributed by atoms with E-state index in [0.29, 0.717) is 25.3 Å². The molecule has 5 heteroatoms. The van der Waals surface area contributed by atoms with Gasteiger partial charge in [0, 0.05) is 18.5 Å². The molecule has 1 aromatic heterocycles. The highest BCUT2D eigenvalue weighted by Crippen LogP contribution is 2.11. The van der Waals surface area contributed by atoms with E-state index in [2.05, 4.69) is 10.9 Å². The van der Waals surface area contributed by atoms with Gasteiger partial charge in [0.25, 0.3) is 5.91 Å². The SMILES string of the molecule is C#CCN(CC)C(=O)c1csc(CN)n1. The van der Waals surface area contributed by atoms with Crippen molar-refractivity contribution in [3.05, 3.63) is 16.1 Å². The van der Waals surface area contributed by atoms with Crippen molar-refractivity contribution in [1.82, 2.24) is 9.88 Å². The fourth-order valence-electron chi connectivity index (χ4n) is 1.10. The zero-order valence-electron chi connectivity index (χ0n) is 8.56. The van der Waals surface area contributed by atoms with Gasteiger partial charge in [-0.1, -0.05) is 5.92 Å². The summed E-state index contributed by atoms with van der Waals surface area (Å²) in [6, 6.07) is 0. The molecule has 1 aromatic rings. The highest BCUT2D eigenvalue weighted by Gasteiger charge is 2.15. The minimum Gasteiger partial charge on any atom is -0.326 e. The molecular weight excluding hydrogens is 210 g/mol. The van der Waals surface area contributed by atoms with Crippen molar-refractivity contribution in [1.29, 1.82) is 0 Å². The quantitative estimate of drug-likeness (QED) is 0.764. The molecule has 1 heterocycles. The fourth-order valence-corrected chi connectivity index (χ4v) is 1.75. The van der Waals surface area contributed by atoms with Gasteiger partial charge in [-0.25, -0.2) is 4.98 Å². The Kier molecular flexibility index (Phi) is 4.28. The summed E-state index contributed by atoms with van der Waals surface area (Å²) < 4.78 is 0. The number of hydrogen-bond donors (Lipinski definition) is 1. The Bertz CT molecular complexity index is 380. The van der Waals surface area contributed by atoms with Crippen molar-refractivity contribution in [3.8, 4) is 12.3 Å². The van der Waals surface area contributed by atoms with E-state index in [4.69, 9.17) is 12.2 Å². The first kappa shape index (κ1) is 11.7. The van der Waals surface area contributed by atoms with Gasteiger partial charge in [0.2, 0.25) is 0 Å². The molecule has 0 aliphatic rings. The number of terminal acetylenes is 1. The van der Waals surface area contributed by atoms with Crippen molar-refractivity contribution < 1.29 is 4.79 Å². The highest BCUT2D eigenvalue weighted by atomic mass is 32.1. The standard InChI is InChI=1S/C10H13N3OS/c1-3-5-13(4-2)10(14)8-7-15-9(6-11)12-8/h1,7H,4-6,11H2,2H3. The number of carbonyl (C=O) groups excluding carboxylic acids is 1. The Morgan fingerprint density at radius 1 is 1.80 bits per heavy atom. The molecule has 0 radical (unpaired) electrons. The number of amides is 1. The molecule has 0 aliphatic heterocycles. The summed E-state index contributed by atoms with van der Waals surface area (Å²) in [5.41, 5.74) is 5.85. The van der Waals surface area contributed by atoms with Crippen LogP contribution in [0.5, 0.6) is 0 Å². The molecule has 1 amide bonds. The van der Waals surface area contributed by atoms with Crippen LogP contribution in [0.15, 0.2) is 5.38 Å². The highest BCUT2D eigenvalue weighted by molar-refractivity contribution is 7.09. The number of hydrogen-bond acceptors (Lipinski definition) is 4. The summed E-state index contributed by atoms with van der Waals surface area (Å²) in [5.74, 6) is 2.31. The first-order valence-corrected chi connectivity index (χ1v) is 5.48. The van der Waals surface area contributed by atoms with Gasteiger partial charge in [-0.05, 0) is 6.92 Å². The van der Waals surface area contributed by atoms with Crippen molar-refractivity contribution >= 4 is 17.2 Å². The van der Waals surface area contributed by atoms with Crippen LogP contribution in [-0.4, -0.2) is 28.9 Å². The second-order valence-electron chi connectivity index (χ2n) is 2.85. The molecule has 0 aromatic carbocycles. The third kappa shape index (κ3) is 2.78. The van der Waals surface area contributed by atoms with Gasteiger partial charge in [-0.3, -0.25) is 4.79 Å². The van der Waals surface area contributed by atoms with Gasteiger partial charge < -0.3 is 10.6 Å². The maximum atomic E-state index is 11.8. The molecule has 0 bridgehead atoms. The van der Waals surface area contributed by atoms with Gasteiger partial charge in [-0.15, -0.1) is 17.8 Å². The maximum Gasteiger partial charge on any atom is 0.274 e. The Balaban J connectivity index is 2.79. The van der Waals surface area contributed by atoms with E-state index in [1.54, 1.807) is 10.3 Å². The predicted molar refractivity (Wildman–Crippen MR) is 60.4 cm³/mol. The predicted octanol–water partition coefficient (Wildman–Crippen LogP) is 0.697. The summed E-state index contributed by atoms with van der Waals surface area (Å²) in [6.07, 6.45) is 5.17. The van der Waals surface area contributed by atoms with E-state index >= 15 is 0 Å². The topological polar surface area (TPSA) is 59.2 Å². The van der Waals surface area contributed by atoms with Crippen LogP contribution in [0.3, 0.4) is 0 Å². The minimum atomic E-state index is -0.133. The van der Waals surface area contributed by atoms with Crippen LogP contribution in [-0.2, 0) is 6.54 Å². The maximum absolute atomic E-state index is 11.8. The van der Waals surface area contributed by atoms with Gasteiger partial charge in [0.05, 0.1) is 6.54 Å². The van der Waals surface area contributed by atoms with E-state index in [-0.39, 0.29) is 5.91 Å². The average Bonchev–Trinajstić information content (AvgIpc) is 2.73. The second-order valence-corrected chi connectivity index (χ2v) is 3.80. The molecule has 0 aliphatic carbocycles. The molecule has 0 fully saturated rings. The summed E-state index contributed by atoms with van der Waals surface area (Å²) in [5, 5.41) is 2.47. The van der Waals surface area contributed by atoms with Crippen LogP contribution >= 0.6 is 11.3 Å². The molecular formula is C10H13N3OS. The molecule has 0 spiro atoms. The van der Waals surface area contributed by atoms with E-state index in [9.17, 15) is 4.79 Å². The number of rotatable bonds is 4. The first-order valence-electron chi connectivity index (χ1n) is 4.60. The fraction of sp³-hybridized carbons (Fsp3) is 0.400. The number of carbonyl (C=O) groups is 1. The summed E-state index contributed by atoms with van der Waals surface area (Å²) >= 11 is 1.39. The Morgan fingerprint density at radius 2 is 2.53 bits per heavy atom. The van der Waals surface area contributed by atoms with Crippen molar-refractivity contribution in [2.24, 2.45) is 5.73 Å². The molecule has 15 heavy (non-hydrogen) atoms. The number of aromatic nitrogens is 1. The van der Waals surface area contributed by atoms with Gasteiger partial charge in [0.1, 0.15) is 10.7 Å². The second kappa shape index (κ2) is 5.49. The number of thiazole rings is 1. The molecule has 0 unspecified atom stereocenters. The molecule has 2 N–H and O–H groups in total. The lowest BCUT2D eigenvalue weighted by Gasteiger charge is -2.16. The molecule has 4 nitrogen and oxygen atoms in total. The summed E-state index contributed by atoms with van der Waals surface area (Å²) in [7, 11) is 0. The Hall–Kier alpha value is -1.38. The van der Waals surface area contributed by atoms with Crippen LogP contribution in [0, 0.1) is 12.3 Å². The zero-order chi connectivity index (χ0) is 11.3. The van der Waals surface area contributed by atoms with Crippen LogP contribution < -0.4 is 5.73 Å². The molecule has 1 rings (SSSR count). The lowest BCUT2D eigenvalue weighted by atomic mass is 10.4. The largest absolute Gasteiger partial charge is 0.326 e. The summed E-state index contributed by atoms with van der Waals surface area (Å²) in [4.78, 5) is 17.5. The van der Waals surface area contributed by atoms with Crippen molar-refractivity contribution in [2.75, 3.05) is 13.1 Å². The smallest absolute Gasteiger partial charge is 0.274 e. The Morgan fingerprint density at radius 3 is 3.00 bits per heavy atom. The van der Waals surface area contributed by atoms with Gasteiger partial charge in [0.15, 0.2) is 0 Å². The van der Waals surface area contributed by atoms with Gasteiger partial charge >= 0.3 is 0 Å². The van der Waals surface area contributed by atoms with Gasteiger partial charge in [-0.2, -0.15) is 0 Å². The van der Waals surface area contributed by atoms with E-state index < -0.39 is 0 Å². The number of nitrogens with two attached hydrogens (primary N) is 1. The molecule has 80 valence electrons. The lowest BCUT2D eigenvalue weighted by molar-refractivity contribution is 0.0779. The first-order chi connectivity index (χ1) is 7.22. The lowest BCUT2D eigenvalue weighted by Crippen LogP contribution is -2.31. The Labute approximate surface area is 93.1 Å². The van der Waals surface area contributed by atoms with E-state index in [1.165, 1.54) is 11.3 Å². The molecule has 0 saturated carbocycles. The van der Waals surface area contributed by atoms with Crippen molar-refractivity contribution in [2.45, 2.75) is 13.5 Å². The molecule has 0 saturated heterocycles. The van der Waals surface area contributed by atoms with Crippen LogP contribution in [0.4, 0.5) is 0 Å². The number of nitrogens with zero attached hydrogens (tertiary/aromatic N) is 2. The molecule has 0 atom stereocenters. The monoisotopic (exact) mass is 223 g/mol. The normalized spacial score (nSPS) is 9.67. The van der Waals surface area contributed by atoms with Crippen molar-refractivity contribution in [3.63, 3.8) is 0 Å².